The number of benzene rings is 2. The van der Waals surface area contributed by atoms with Gasteiger partial charge in [-0.05, 0) is 66.8 Å². The number of hydrogen-bond acceptors (Lipinski definition) is 6. The Morgan fingerprint density at radius 1 is 1.19 bits per heavy atom. The molecule has 1 aromatic heterocycles. The minimum atomic E-state index is -3.60. The smallest absolute Gasteiger partial charge is 0.341 e. The number of sulfonamides is 1. The number of nitrogens with zero attached hydrogens (tertiary/aromatic N) is 1. The molecule has 0 spiro atoms. The number of fused-ring (bicyclic) bond motifs is 1. The van der Waals surface area contributed by atoms with Crippen LogP contribution in [0.5, 0.6) is 5.75 Å². The standard InChI is InChI=1S/C22H24ClNO5S3/c1-3-8-24(32(27,28)22-13-16-12-17(23)4-7-20(16)31-22)9-10-30-18-5-6-19(15(2)11-18)29-14-21(25)26/h4-7,11-13H,3,8-10,14H2,1-2H3,(H,25,26). The van der Waals surface area contributed by atoms with E-state index in [9.17, 15) is 13.2 Å². The van der Waals surface area contributed by atoms with Gasteiger partial charge in [-0.2, -0.15) is 4.31 Å². The summed E-state index contributed by atoms with van der Waals surface area (Å²) in [5.74, 6) is 0.0867. The van der Waals surface area contributed by atoms with E-state index in [2.05, 4.69) is 0 Å². The zero-order valence-electron chi connectivity index (χ0n) is 17.7. The molecule has 0 bridgehead atoms. The fraction of sp³-hybridized carbons (Fsp3) is 0.318. The van der Waals surface area contributed by atoms with Crippen LogP contribution in [0.2, 0.25) is 5.02 Å². The van der Waals surface area contributed by atoms with Gasteiger partial charge in [-0.25, -0.2) is 13.2 Å². The Balaban J connectivity index is 1.68. The van der Waals surface area contributed by atoms with Crippen molar-refractivity contribution in [2.75, 3.05) is 25.4 Å². The number of carboxylic acid groups (broad SMARTS) is 1. The number of carbonyl (C=O) groups is 1. The summed E-state index contributed by atoms with van der Waals surface area (Å²) in [5.41, 5.74) is 0.832. The van der Waals surface area contributed by atoms with Crippen LogP contribution in [0.4, 0.5) is 0 Å². The van der Waals surface area contributed by atoms with Gasteiger partial charge in [-0.15, -0.1) is 23.1 Å². The maximum absolute atomic E-state index is 13.3. The minimum Gasteiger partial charge on any atom is -0.482 e. The molecule has 2 aromatic carbocycles. The fourth-order valence-electron chi connectivity index (χ4n) is 3.12. The lowest BCUT2D eigenvalue weighted by Gasteiger charge is -2.20. The van der Waals surface area contributed by atoms with E-state index in [0.717, 1.165) is 27.0 Å². The lowest BCUT2D eigenvalue weighted by atomic mass is 10.2. The normalized spacial score (nSPS) is 11.9. The predicted octanol–water partition coefficient (Wildman–Crippen LogP) is 5.52. The van der Waals surface area contributed by atoms with Gasteiger partial charge in [0, 0.05) is 33.5 Å². The first kappa shape index (κ1) is 24.9. The number of carboxylic acids is 1. The van der Waals surface area contributed by atoms with Crippen molar-refractivity contribution >= 4 is 60.8 Å². The van der Waals surface area contributed by atoms with E-state index in [4.69, 9.17) is 21.4 Å². The molecule has 0 saturated carbocycles. The van der Waals surface area contributed by atoms with Gasteiger partial charge in [0.1, 0.15) is 9.96 Å². The van der Waals surface area contributed by atoms with E-state index in [1.54, 1.807) is 36.0 Å². The second kappa shape index (κ2) is 10.9. The SMILES string of the molecule is CCCN(CCSc1ccc(OCC(=O)O)c(C)c1)S(=O)(=O)c1cc2cc(Cl)ccc2s1. The molecule has 6 nitrogen and oxygen atoms in total. The van der Waals surface area contributed by atoms with Crippen LogP contribution in [0, 0.1) is 6.92 Å². The molecular weight excluding hydrogens is 490 g/mol. The van der Waals surface area contributed by atoms with E-state index >= 15 is 0 Å². The van der Waals surface area contributed by atoms with Gasteiger partial charge in [0.15, 0.2) is 6.61 Å². The predicted molar refractivity (Wildman–Crippen MR) is 131 cm³/mol. The number of rotatable bonds is 11. The number of hydrogen-bond donors (Lipinski definition) is 1. The molecule has 0 aliphatic carbocycles. The van der Waals surface area contributed by atoms with Crippen LogP contribution in [0.15, 0.2) is 51.6 Å². The van der Waals surface area contributed by atoms with Gasteiger partial charge in [0.2, 0.25) is 0 Å². The topological polar surface area (TPSA) is 83.9 Å². The molecule has 0 amide bonds. The molecule has 0 unspecified atom stereocenters. The summed E-state index contributed by atoms with van der Waals surface area (Å²) in [6.07, 6.45) is 0.718. The first-order valence-corrected chi connectivity index (χ1v) is 13.6. The maximum Gasteiger partial charge on any atom is 0.341 e. The van der Waals surface area contributed by atoms with E-state index in [0.29, 0.717) is 33.8 Å². The molecule has 3 rings (SSSR count). The Morgan fingerprint density at radius 3 is 2.66 bits per heavy atom. The summed E-state index contributed by atoms with van der Waals surface area (Å²) in [6.45, 7) is 4.24. The summed E-state index contributed by atoms with van der Waals surface area (Å²) < 4.78 is 34.5. The van der Waals surface area contributed by atoms with Crippen LogP contribution in [0.25, 0.3) is 10.1 Å². The van der Waals surface area contributed by atoms with Gasteiger partial charge in [0.05, 0.1) is 0 Å². The second-order valence-corrected chi connectivity index (χ2v) is 12.0. The van der Waals surface area contributed by atoms with Crippen molar-refractivity contribution < 1.29 is 23.1 Å². The van der Waals surface area contributed by atoms with Crippen LogP contribution in [-0.2, 0) is 14.8 Å². The molecule has 0 radical (unpaired) electrons. The van der Waals surface area contributed by atoms with Gasteiger partial charge < -0.3 is 9.84 Å². The highest BCUT2D eigenvalue weighted by molar-refractivity contribution is 7.99. The van der Waals surface area contributed by atoms with Gasteiger partial charge in [-0.1, -0.05) is 18.5 Å². The summed E-state index contributed by atoms with van der Waals surface area (Å²) in [4.78, 5) is 11.6. The Bertz CT molecular complexity index is 1210. The molecule has 0 aliphatic rings. The van der Waals surface area contributed by atoms with Crippen molar-refractivity contribution in [1.82, 2.24) is 4.31 Å². The first-order chi connectivity index (χ1) is 15.2. The molecule has 0 atom stereocenters. The Labute approximate surface area is 201 Å². The lowest BCUT2D eigenvalue weighted by Crippen LogP contribution is -2.33. The van der Waals surface area contributed by atoms with Crippen LogP contribution >= 0.6 is 34.7 Å². The molecule has 1 heterocycles. The second-order valence-electron chi connectivity index (χ2n) is 7.11. The number of halogens is 1. The highest BCUT2D eigenvalue weighted by Gasteiger charge is 2.25. The van der Waals surface area contributed by atoms with Crippen molar-refractivity contribution in [3.8, 4) is 5.75 Å². The van der Waals surface area contributed by atoms with E-state index in [1.807, 2.05) is 32.0 Å². The Hall–Kier alpha value is -1.78. The van der Waals surface area contributed by atoms with Gasteiger partial charge in [-0.3, -0.25) is 0 Å². The average Bonchev–Trinajstić information content (AvgIpc) is 3.16. The van der Waals surface area contributed by atoms with E-state index < -0.39 is 16.0 Å². The Kier molecular flexibility index (Phi) is 8.46. The molecule has 1 N–H and O–H groups in total. The summed E-state index contributed by atoms with van der Waals surface area (Å²) >= 11 is 8.85. The molecule has 0 saturated heterocycles. The van der Waals surface area contributed by atoms with Crippen molar-refractivity contribution in [2.45, 2.75) is 29.4 Å². The van der Waals surface area contributed by atoms with E-state index in [1.165, 1.54) is 15.6 Å². The van der Waals surface area contributed by atoms with Crippen LogP contribution in [0.3, 0.4) is 0 Å². The zero-order chi connectivity index (χ0) is 23.3. The van der Waals surface area contributed by atoms with Crippen LogP contribution < -0.4 is 4.74 Å². The van der Waals surface area contributed by atoms with Crippen LogP contribution in [0.1, 0.15) is 18.9 Å². The third kappa shape index (κ3) is 6.17. The summed E-state index contributed by atoms with van der Waals surface area (Å²) in [5, 5.41) is 10.2. The molecule has 172 valence electrons. The summed E-state index contributed by atoms with van der Waals surface area (Å²) in [6, 6.07) is 12.6. The molecule has 32 heavy (non-hydrogen) atoms. The largest absolute Gasteiger partial charge is 0.482 e. The van der Waals surface area contributed by atoms with Gasteiger partial charge in [0.25, 0.3) is 10.0 Å². The Morgan fingerprint density at radius 2 is 1.97 bits per heavy atom. The minimum absolute atomic E-state index is 0.323. The third-order valence-corrected chi connectivity index (χ3v) is 9.30. The molecule has 3 aromatic rings. The number of thiophene rings is 1. The highest BCUT2D eigenvalue weighted by atomic mass is 35.5. The third-order valence-electron chi connectivity index (χ3n) is 4.63. The van der Waals surface area contributed by atoms with Gasteiger partial charge >= 0.3 is 5.97 Å². The van der Waals surface area contributed by atoms with Crippen LogP contribution in [-0.4, -0.2) is 49.2 Å². The van der Waals surface area contributed by atoms with Crippen molar-refractivity contribution in [1.29, 1.82) is 0 Å². The lowest BCUT2D eigenvalue weighted by molar-refractivity contribution is -0.139. The fourth-order valence-corrected chi connectivity index (χ4v) is 7.46. The molecule has 10 heteroatoms. The number of aliphatic carboxylic acids is 1. The zero-order valence-corrected chi connectivity index (χ0v) is 20.9. The molecule has 0 fully saturated rings. The van der Waals surface area contributed by atoms with Crippen molar-refractivity contribution in [3.05, 3.63) is 53.1 Å². The average molecular weight is 514 g/mol. The van der Waals surface area contributed by atoms with Crippen molar-refractivity contribution in [2.24, 2.45) is 0 Å². The monoisotopic (exact) mass is 513 g/mol. The number of thioether (sulfide) groups is 1. The first-order valence-electron chi connectivity index (χ1n) is 9.98. The number of aryl methyl sites for hydroxylation is 1. The highest BCUT2D eigenvalue weighted by Crippen LogP contribution is 2.33. The van der Waals surface area contributed by atoms with Crippen molar-refractivity contribution in [3.63, 3.8) is 0 Å². The quantitative estimate of drug-likeness (QED) is 0.340. The molecule has 0 aliphatic heterocycles. The summed E-state index contributed by atoms with van der Waals surface area (Å²) in [7, 11) is -3.60. The molecular formula is C22H24ClNO5S3. The number of ether oxygens (including phenoxy) is 1. The van der Waals surface area contributed by atoms with E-state index in [-0.39, 0.29) is 6.61 Å². The maximum atomic E-state index is 13.3.